The molecule has 0 amide bonds. The Morgan fingerprint density at radius 1 is 1.57 bits per heavy atom. The summed E-state index contributed by atoms with van der Waals surface area (Å²) in [6, 6.07) is 2.44. The molecular weight excluding hydrogens is 211 g/mol. The molecule has 0 aliphatic carbocycles. The minimum Gasteiger partial charge on any atom is -0.504 e. The fraction of sp³-hybridized carbons (Fsp3) is 0.333. The van der Waals surface area contributed by atoms with Crippen LogP contribution in [0.1, 0.15) is 11.7 Å². The molecule has 3 nitrogen and oxygen atoms in total. The van der Waals surface area contributed by atoms with E-state index in [1.54, 1.807) is 0 Å². The van der Waals surface area contributed by atoms with E-state index in [9.17, 15) is 9.50 Å². The van der Waals surface area contributed by atoms with Gasteiger partial charge in [0.1, 0.15) is 6.17 Å². The summed E-state index contributed by atoms with van der Waals surface area (Å²) >= 11 is 5.71. The molecule has 2 N–H and O–H groups in total. The lowest BCUT2D eigenvalue weighted by Gasteiger charge is -2.10. The number of phenols is 1. The summed E-state index contributed by atoms with van der Waals surface area (Å²) in [6.07, 6.45) is -1.60. The molecule has 0 fully saturated rings. The number of halogens is 2. The Balaban J connectivity index is 3.14. The van der Waals surface area contributed by atoms with Crippen LogP contribution >= 0.6 is 11.6 Å². The molecule has 0 heterocycles. The number of alkyl halides is 1. The van der Waals surface area contributed by atoms with E-state index in [0.717, 1.165) is 6.07 Å². The molecule has 0 aromatic heterocycles. The van der Waals surface area contributed by atoms with E-state index in [-0.39, 0.29) is 22.1 Å². The highest BCUT2D eigenvalue weighted by Gasteiger charge is 2.15. The van der Waals surface area contributed by atoms with E-state index in [1.807, 2.05) is 0 Å². The number of hydrogen-bond acceptors (Lipinski definition) is 3. The van der Waals surface area contributed by atoms with Crippen molar-refractivity contribution >= 4 is 11.6 Å². The lowest BCUT2D eigenvalue weighted by atomic mass is 10.1. The van der Waals surface area contributed by atoms with Crippen LogP contribution in [0.4, 0.5) is 4.39 Å². The van der Waals surface area contributed by atoms with Gasteiger partial charge < -0.3 is 14.9 Å². The number of benzene rings is 1. The first-order valence-corrected chi connectivity index (χ1v) is 4.29. The van der Waals surface area contributed by atoms with Crippen LogP contribution in [-0.4, -0.2) is 23.9 Å². The molecule has 0 aliphatic heterocycles. The highest BCUT2D eigenvalue weighted by Crippen LogP contribution is 2.35. The molecule has 1 atom stereocenters. The molecule has 78 valence electrons. The van der Waals surface area contributed by atoms with Gasteiger partial charge in [-0.25, -0.2) is 4.39 Å². The first-order valence-electron chi connectivity index (χ1n) is 3.91. The second-order valence-electron chi connectivity index (χ2n) is 2.70. The Bertz CT molecular complexity index is 330. The lowest BCUT2D eigenvalue weighted by Crippen LogP contribution is -1.98. The number of aromatic hydroxyl groups is 1. The van der Waals surface area contributed by atoms with Crippen molar-refractivity contribution < 1.29 is 19.3 Å². The number of phenolic OH excluding ortho intramolecular Hbond substituents is 1. The van der Waals surface area contributed by atoms with Gasteiger partial charge in [0, 0.05) is 11.6 Å². The fourth-order valence-electron chi connectivity index (χ4n) is 1.06. The third-order valence-electron chi connectivity index (χ3n) is 1.80. The van der Waals surface area contributed by atoms with Crippen LogP contribution in [0.2, 0.25) is 5.02 Å². The summed E-state index contributed by atoms with van der Waals surface area (Å²) in [6.45, 7) is -0.675. The second-order valence-corrected chi connectivity index (χ2v) is 3.10. The molecule has 1 unspecified atom stereocenters. The van der Waals surface area contributed by atoms with Gasteiger partial charge in [0.05, 0.1) is 18.7 Å². The van der Waals surface area contributed by atoms with Crippen LogP contribution in [0, 0.1) is 0 Å². The average molecular weight is 221 g/mol. The molecule has 0 spiro atoms. The minimum absolute atomic E-state index is 0.0486. The van der Waals surface area contributed by atoms with Gasteiger partial charge in [-0.15, -0.1) is 0 Å². The first kappa shape index (κ1) is 11.1. The summed E-state index contributed by atoms with van der Waals surface area (Å²) in [5.74, 6) is -0.0353. The summed E-state index contributed by atoms with van der Waals surface area (Å²) in [5, 5.41) is 18.0. The van der Waals surface area contributed by atoms with E-state index < -0.39 is 12.8 Å². The lowest BCUT2D eigenvalue weighted by molar-refractivity contribution is 0.179. The van der Waals surface area contributed by atoms with Crippen molar-refractivity contribution in [1.82, 2.24) is 0 Å². The zero-order valence-electron chi connectivity index (χ0n) is 7.50. The minimum atomic E-state index is -1.60. The average Bonchev–Trinajstić information content (AvgIpc) is 2.19. The van der Waals surface area contributed by atoms with E-state index in [0.29, 0.717) is 0 Å². The van der Waals surface area contributed by atoms with Gasteiger partial charge in [0.2, 0.25) is 0 Å². The summed E-state index contributed by atoms with van der Waals surface area (Å²) in [5.41, 5.74) is 0.0486. The largest absolute Gasteiger partial charge is 0.504 e. The van der Waals surface area contributed by atoms with Gasteiger partial charge in [0.15, 0.2) is 11.5 Å². The van der Waals surface area contributed by atoms with Gasteiger partial charge in [0.25, 0.3) is 0 Å². The Kier molecular flexibility index (Phi) is 3.55. The predicted molar refractivity (Wildman–Crippen MR) is 50.6 cm³/mol. The number of aliphatic hydroxyl groups excluding tert-OH is 1. The molecule has 0 radical (unpaired) electrons. The van der Waals surface area contributed by atoms with Crippen LogP contribution in [0.25, 0.3) is 0 Å². The third kappa shape index (κ3) is 2.08. The van der Waals surface area contributed by atoms with Crippen molar-refractivity contribution in [1.29, 1.82) is 0 Å². The molecule has 0 saturated carbocycles. The zero-order valence-corrected chi connectivity index (χ0v) is 8.25. The first-order chi connectivity index (χ1) is 6.60. The third-order valence-corrected chi connectivity index (χ3v) is 2.12. The van der Waals surface area contributed by atoms with E-state index in [2.05, 4.69) is 0 Å². The van der Waals surface area contributed by atoms with Crippen molar-refractivity contribution in [3.8, 4) is 11.5 Å². The van der Waals surface area contributed by atoms with Gasteiger partial charge >= 0.3 is 0 Å². The SMILES string of the molecule is COc1cc(Cl)c(C(F)CO)cc1O. The van der Waals surface area contributed by atoms with Crippen molar-refractivity contribution in [2.24, 2.45) is 0 Å². The molecule has 1 rings (SSSR count). The molecule has 0 saturated heterocycles. The number of methoxy groups -OCH3 is 1. The molecule has 1 aromatic rings. The predicted octanol–water partition coefficient (Wildman–Crippen LogP) is 2.06. The zero-order chi connectivity index (χ0) is 10.7. The van der Waals surface area contributed by atoms with Gasteiger partial charge in [-0.1, -0.05) is 11.6 Å². The van der Waals surface area contributed by atoms with Gasteiger partial charge in [-0.05, 0) is 6.07 Å². The van der Waals surface area contributed by atoms with E-state index >= 15 is 0 Å². The summed E-state index contributed by atoms with van der Waals surface area (Å²) < 4.78 is 17.8. The Hall–Kier alpha value is -1.00. The van der Waals surface area contributed by atoms with Crippen LogP contribution in [0.3, 0.4) is 0 Å². The van der Waals surface area contributed by atoms with Crippen molar-refractivity contribution in [3.05, 3.63) is 22.7 Å². The smallest absolute Gasteiger partial charge is 0.161 e. The molecule has 5 heteroatoms. The highest BCUT2D eigenvalue weighted by molar-refractivity contribution is 6.31. The maximum absolute atomic E-state index is 13.1. The monoisotopic (exact) mass is 220 g/mol. The number of hydrogen-bond donors (Lipinski definition) is 2. The number of aliphatic hydroxyl groups is 1. The fourth-order valence-corrected chi connectivity index (χ4v) is 1.33. The summed E-state index contributed by atoms with van der Waals surface area (Å²) in [4.78, 5) is 0. The normalized spacial score (nSPS) is 12.6. The number of ether oxygens (including phenoxy) is 1. The van der Waals surface area contributed by atoms with Crippen molar-refractivity contribution in [2.45, 2.75) is 6.17 Å². The van der Waals surface area contributed by atoms with Crippen LogP contribution in [0.15, 0.2) is 12.1 Å². The number of rotatable bonds is 3. The highest BCUT2D eigenvalue weighted by atomic mass is 35.5. The Morgan fingerprint density at radius 3 is 2.71 bits per heavy atom. The van der Waals surface area contributed by atoms with Crippen molar-refractivity contribution in [3.63, 3.8) is 0 Å². The molecule has 14 heavy (non-hydrogen) atoms. The van der Waals surface area contributed by atoms with Crippen LogP contribution < -0.4 is 4.74 Å². The molecule has 1 aromatic carbocycles. The van der Waals surface area contributed by atoms with E-state index in [4.69, 9.17) is 21.4 Å². The second kappa shape index (κ2) is 4.48. The Morgan fingerprint density at radius 2 is 2.21 bits per heavy atom. The van der Waals surface area contributed by atoms with Crippen molar-refractivity contribution in [2.75, 3.05) is 13.7 Å². The topological polar surface area (TPSA) is 49.7 Å². The molecule has 0 bridgehead atoms. The maximum Gasteiger partial charge on any atom is 0.161 e. The Labute approximate surface area is 85.7 Å². The standard InChI is InChI=1S/C9H10ClFO3/c1-14-9-3-6(10)5(2-8(9)13)7(11)4-12/h2-3,7,12-13H,4H2,1H3. The van der Waals surface area contributed by atoms with Crippen LogP contribution in [0.5, 0.6) is 11.5 Å². The summed E-state index contributed by atoms with van der Waals surface area (Å²) in [7, 11) is 1.37. The molecular formula is C9H10ClFO3. The van der Waals surface area contributed by atoms with Gasteiger partial charge in [-0.3, -0.25) is 0 Å². The van der Waals surface area contributed by atoms with Gasteiger partial charge in [-0.2, -0.15) is 0 Å². The van der Waals surface area contributed by atoms with Crippen LogP contribution in [-0.2, 0) is 0 Å². The maximum atomic E-state index is 13.1. The quantitative estimate of drug-likeness (QED) is 0.820. The molecule has 0 aliphatic rings. The van der Waals surface area contributed by atoms with E-state index in [1.165, 1.54) is 13.2 Å².